The van der Waals surface area contributed by atoms with Crippen molar-refractivity contribution in [1.29, 1.82) is 5.26 Å². The molecule has 0 fully saturated rings. The molecule has 0 amide bonds. The van der Waals surface area contributed by atoms with Gasteiger partial charge in [0.05, 0.1) is 4.90 Å². The number of nitrogens with one attached hydrogen (secondary N) is 4. The van der Waals surface area contributed by atoms with E-state index in [4.69, 9.17) is 11.6 Å². The Kier molecular flexibility index (Phi) is 6.57. The Morgan fingerprint density at radius 3 is 2.53 bits per heavy atom. The predicted octanol–water partition coefficient (Wildman–Crippen LogP) is 2.56. The molecule has 170 valence electrons. The van der Waals surface area contributed by atoms with Gasteiger partial charge in [-0.1, -0.05) is 24.3 Å². The van der Waals surface area contributed by atoms with E-state index in [1.165, 1.54) is 24.4 Å². The lowest BCUT2D eigenvalue weighted by atomic mass is 10.3. The summed E-state index contributed by atoms with van der Waals surface area (Å²) in [5, 5.41) is 27.9. The van der Waals surface area contributed by atoms with Crippen molar-refractivity contribution in [3.05, 3.63) is 71.9 Å². The highest BCUT2D eigenvalue weighted by atomic mass is 35.5. The van der Waals surface area contributed by atoms with Crippen LogP contribution in [0.5, 0.6) is 0 Å². The topological polar surface area (TPSA) is 187 Å². The van der Waals surface area contributed by atoms with Crippen LogP contribution in [0.1, 0.15) is 5.82 Å². The summed E-state index contributed by atoms with van der Waals surface area (Å²) in [7, 11) is -4.08. The normalized spacial score (nSPS) is 11.5. The summed E-state index contributed by atoms with van der Waals surface area (Å²) >= 11 is 5.95. The average molecular weight is 496 g/mol. The summed E-state index contributed by atoms with van der Waals surface area (Å²) in [4.78, 5) is 11.8. The van der Waals surface area contributed by atoms with E-state index in [1.807, 2.05) is 24.3 Å². The van der Waals surface area contributed by atoms with Gasteiger partial charge < -0.3 is 10.6 Å². The molecule has 4 aromatic rings. The summed E-state index contributed by atoms with van der Waals surface area (Å²) < 4.78 is 28.1. The molecule has 0 aliphatic heterocycles. The van der Waals surface area contributed by atoms with Crippen LogP contribution in [0.25, 0.3) is 5.57 Å². The van der Waals surface area contributed by atoms with Crippen molar-refractivity contribution in [1.82, 2.24) is 35.6 Å². The van der Waals surface area contributed by atoms with Crippen molar-refractivity contribution in [3.8, 4) is 6.07 Å². The third kappa shape index (κ3) is 5.59. The number of nitrogens with zero attached hydrogens (tertiary/aromatic N) is 7. The molecule has 0 spiro atoms. The van der Waals surface area contributed by atoms with Gasteiger partial charge >= 0.3 is 0 Å². The van der Waals surface area contributed by atoms with Gasteiger partial charge in [0.2, 0.25) is 23.0 Å². The van der Waals surface area contributed by atoms with Crippen LogP contribution in [-0.2, 0) is 10.0 Å². The second-order valence-corrected chi connectivity index (χ2v) is 8.45. The van der Waals surface area contributed by atoms with E-state index >= 15 is 0 Å². The predicted molar refractivity (Wildman–Crippen MR) is 123 cm³/mol. The van der Waals surface area contributed by atoms with Gasteiger partial charge in [0, 0.05) is 17.6 Å². The number of benzene rings is 2. The number of allylic oxidation sites excluding steroid dienone is 1. The summed E-state index contributed by atoms with van der Waals surface area (Å²) in [6.45, 7) is 0. The smallest absolute Gasteiger partial charge is 0.264 e. The van der Waals surface area contributed by atoms with E-state index in [-0.39, 0.29) is 33.5 Å². The zero-order valence-corrected chi connectivity index (χ0v) is 18.6. The van der Waals surface area contributed by atoms with Gasteiger partial charge in [-0.2, -0.15) is 25.4 Å². The lowest BCUT2D eigenvalue weighted by Gasteiger charge is -2.10. The minimum Gasteiger partial charge on any atom is -0.360 e. The monoisotopic (exact) mass is 495 g/mol. The highest BCUT2D eigenvalue weighted by molar-refractivity contribution is 7.92. The zero-order valence-electron chi connectivity index (χ0n) is 17.0. The molecule has 4 N–H and O–H groups in total. The molecule has 0 aliphatic carbocycles. The molecular weight excluding hydrogens is 482 g/mol. The number of nitriles is 1. The van der Waals surface area contributed by atoms with Crippen molar-refractivity contribution >= 4 is 50.5 Å². The summed E-state index contributed by atoms with van der Waals surface area (Å²) in [6.07, 6.45) is 1.33. The first-order valence-electron chi connectivity index (χ1n) is 9.40. The van der Waals surface area contributed by atoms with Crippen molar-refractivity contribution < 1.29 is 8.42 Å². The molecule has 0 unspecified atom stereocenters. The number of para-hydroxylation sites is 1. The number of halogens is 1. The fraction of sp³-hybridized carbons (Fsp3) is 0. The van der Waals surface area contributed by atoms with Crippen LogP contribution in [0.2, 0.25) is 5.28 Å². The molecule has 2 heterocycles. The summed E-state index contributed by atoms with van der Waals surface area (Å²) in [5.74, 6) is -0.109. The molecule has 0 aliphatic rings. The van der Waals surface area contributed by atoms with Crippen LogP contribution in [0, 0.1) is 11.3 Å². The minimum absolute atomic E-state index is 0.0648. The Balaban J connectivity index is 1.53. The average Bonchev–Trinajstić information content (AvgIpc) is 3.34. The van der Waals surface area contributed by atoms with E-state index in [0.717, 1.165) is 0 Å². The minimum atomic E-state index is -4.08. The number of aromatic amines is 1. The van der Waals surface area contributed by atoms with Crippen LogP contribution < -0.4 is 15.4 Å². The van der Waals surface area contributed by atoms with Crippen molar-refractivity contribution in [2.75, 3.05) is 15.4 Å². The third-order valence-corrected chi connectivity index (χ3v) is 5.59. The Hall–Kier alpha value is -4.61. The number of anilines is 4. The highest BCUT2D eigenvalue weighted by Crippen LogP contribution is 2.21. The second-order valence-electron chi connectivity index (χ2n) is 6.43. The lowest BCUT2D eigenvalue weighted by molar-refractivity contribution is 0.601. The molecule has 0 saturated heterocycles. The van der Waals surface area contributed by atoms with E-state index in [9.17, 15) is 13.7 Å². The van der Waals surface area contributed by atoms with Crippen LogP contribution in [0.15, 0.2) is 65.7 Å². The highest BCUT2D eigenvalue weighted by Gasteiger charge is 2.18. The Labute approximate surface area is 198 Å². The van der Waals surface area contributed by atoms with E-state index in [0.29, 0.717) is 11.4 Å². The fourth-order valence-corrected chi connectivity index (χ4v) is 3.76. The maximum atomic E-state index is 12.9. The van der Waals surface area contributed by atoms with Crippen LogP contribution in [0.4, 0.5) is 23.3 Å². The molecule has 0 atom stereocenters. The van der Waals surface area contributed by atoms with E-state index in [1.54, 1.807) is 18.2 Å². The lowest BCUT2D eigenvalue weighted by Crippen LogP contribution is -2.16. The molecule has 4 rings (SSSR count). The van der Waals surface area contributed by atoms with Gasteiger partial charge in [-0.25, -0.2) is 13.1 Å². The molecule has 34 heavy (non-hydrogen) atoms. The van der Waals surface area contributed by atoms with Gasteiger partial charge in [-0.15, -0.1) is 10.2 Å². The molecular formula is C19H14ClN11O2S. The van der Waals surface area contributed by atoms with E-state index in [2.05, 4.69) is 50.9 Å². The van der Waals surface area contributed by atoms with Crippen LogP contribution >= 0.6 is 11.6 Å². The second kappa shape index (κ2) is 9.90. The first kappa shape index (κ1) is 22.6. The Morgan fingerprint density at radius 1 is 1.03 bits per heavy atom. The molecule has 2 aromatic carbocycles. The van der Waals surface area contributed by atoms with Gasteiger partial charge in [-0.3, -0.25) is 0 Å². The van der Waals surface area contributed by atoms with Gasteiger partial charge in [0.1, 0.15) is 11.6 Å². The maximum absolute atomic E-state index is 12.9. The fourth-order valence-electron chi connectivity index (χ4n) is 2.61. The standard InChI is InChI=1S/C19H14ClN11O2S/c20-17-24-18(23-13-5-2-1-3-6-13)26-19(25-17)29-34(32,33)15-8-4-7-14(9-15)22-11-12(10-21)16-27-30-31-28-16/h1-9,11,22H,(H,27,28,30,31)(H2,23,24,25,26,29). The number of hydrogen-bond acceptors (Lipinski definition) is 11. The number of H-pyrrole nitrogens is 1. The van der Waals surface area contributed by atoms with Gasteiger partial charge in [0.15, 0.2) is 0 Å². The number of sulfonamides is 1. The molecule has 13 nitrogen and oxygen atoms in total. The third-order valence-electron chi connectivity index (χ3n) is 4.10. The molecule has 15 heteroatoms. The SMILES string of the molecule is N#CC(=CNc1cccc(S(=O)(=O)Nc2nc(Cl)nc(Nc3ccccc3)n2)c1)c1nn[nH]n1. The van der Waals surface area contributed by atoms with Gasteiger partial charge in [-0.05, 0) is 47.1 Å². The molecule has 0 bridgehead atoms. The van der Waals surface area contributed by atoms with Crippen molar-refractivity contribution in [2.45, 2.75) is 4.90 Å². The van der Waals surface area contributed by atoms with Crippen molar-refractivity contribution in [2.24, 2.45) is 0 Å². The number of rotatable bonds is 8. The number of tetrazole rings is 1. The van der Waals surface area contributed by atoms with Crippen molar-refractivity contribution in [3.63, 3.8) is 0 Å². The van der Waals surface area contributed by atoms with Gasteiger partial charge in [0.25, 0.3) is 10.0 Å². The number of hydrogen-bond donors (Lipinski definition) is 4. The largest absolute Gasteiger partial charge is 0.360 e. The zero-order chi connectivity index (χ0) is 24.0. The number of aromatic nitrogens is 7. The Morgan fingerprint density at radius 2 is 1.79 bits per heavy atom. The Bertz CT molecular complexity index is 1470. The molecule has 2 aromatic heterocycles. The van der Waals surface area contributed by atoms with Crippen LogP contribution in [-0.4, -0.2) is 44.0 Å². The molecule has 0 saturated carbocycles. The first-order valence-corrected chi connectivity index (χ1v) is 11.3. The van der Waals surface area contributed by atoms with E-state index < -0.39 is 10.0 Å². The van der Waals surface area contributed by atoms with Crippen LogP contribution in [0.3, 0.4) is 0 Å². The quantitative estimate of drug-likeness (QED) is 0.263. The molecule has 0 radical (unpaired) electrons. The summed E-state index contributed by atoms with van der Waals surface area (Å²) in [5.41, 5.74) is 1.17. The first-order chi connectivity index (χ1) is 16.4. The maximum Gasteiger partial charge on any atom is 0.264 e. The summed E-state index contributed by atoms with van der Waals surface area (Å²) in [6, 6.07) is 16.8.